The first-order valence-electron chi connectivity index (χ1n) is 6.13. The number of fused-ring (bicyclic) bond motifs is 1. The number of rotatable bonds is 5. The quantitative estimate of drug-likeness (QED) is 0.704. The van der Waals surface area contributed by atoms with Crippen LogP contribution in [0.4, 0.5) is 0 Å². The minimum atomic E-state index is -0.992. The molecule has 0 radical (unpaired) electrons. The molecule has 0 saturated carbocycles. The second-order valence-corrected chi connectivity index (χ2v) is 5.24. The number of methoxy groups -OCH3 is 1. The zero-order valence-corrected chi connectivity index (χ0v) is 11.9. The summed E-state index contributed by atoms with van der Waals surface area (Å²) in [4.78, 5) is 18.6. The van der Waals surface area contributed by atoms with Crippen molar-refractivity contribution >= 4 is 28.8 Å². The van der Waals surface area contributed by atoms with E-state index in [0.717, 1.165) is 16.8 Å². The van der Waals surface area contributed by atoms with E-state index in [-0.39, 0.29) is 5.56 Å². The number of carboxylic acids is 1. The molecule has 3 rings (SSSR count). The maximum absolute atomic E-state index is 11.0. The number of H-pyrrole nitrogens is 1. The highest BCUT2D eigenvalue weighted by Crippen LogP contribution is 2.26. The van der Waals surface area contributed by atoms with Gasteiger partial charge in [0.15, 0.2) is 5.16 Å². The number of hydrogen-bond donors (Lipinski definition) is 2. The predicted octanol–water partition coefficient (Wildman–Crippen LogP) is 3.16. The molecule has 6 nitrogen and oxygen atoms in total. The molecule has 0 aliphatic carbocycles. The van der Waals surface area contributed by atoms with Crippen LogP contribution in [0.2, 0.25) is 0 Å². The highest BCUT2D eigenvalue weighted by Gasteiger charge is 2.14. The van der Waals surface area contributed by atoms with Crippen LogP contribution in [0.15, 0.2) is 40.1 Å². The lowest BCUT2D eigenvalue weighted by Gasteiger charge is -1.97. The van der Waals surface area contributed by atoms with Crippen LogP contribution in [0, 0.1) is 0 Å². The molecule has 0 fully saturated rings. The maximum Gasteiger partial charge on any atom is 0.339 e. The summed E-state index contributed by atoms with van der Waals surface area (Å²) in [5, 5.41) is 9.72. The van der Waals surface area contributed by atoms with Crippen LogP contribution in [0.25, 0.3) is 11.0 Å². The Hall–Kier alpha value is -2.41. The highest BCUT2D eigenvalue weighted by atomic mass is 32.2. The van der Waals surface area contributed by atoms with Gasteiger partial charge in [-0.2, -0.15) is 0 Å². The zero-order valence-electron chi connectivity index (χ0n) is 11.1. The smallest absolute Gasteiger partial charge is 0.339 e. The first-order chi connectivity index (χ1) is 10.2. The number of hydrogen-bond acceptors (Lipinski definition) is 5. The van der Waals surface area contributed by atoms with E-state index < -0.39 is 5.97 Å². The summed E-state index contributed by atoms with van der Waals surface area (Å²) in [7, 11) is 1.61. The number of benzene rings is 1. The van der Waals surface area contributed by atoms with Gasteiger partial charge in [-0.3, -0.25) is 0 Å². The molecule has 0 amide bonds. The molecule has 7 heteroatoms. The van der Waals surface area contributed by atoms with Gasteiger partial charge in [0.25, 0.3) is 0 Å². The number of aromatic nitrogens is 2. The molecule has 0 unspecified atom stereocenters. The molecule has 0 aliphatic rings. The predicted molar refractivity (Wildman–Crippen MR) is 77.9 cm³/mol. The Bertz CT molecular complexity index is 793. The third-order valence-electron chi connectivity index (χ3n) is 2.98. The van der Waals surface area contributed by atoms with Crippen molar-refractivity contribution in [2.24, 2.45) is 0 Å². The van der Waals surface area contributed by atoms with Gasteiger partial charge in [0, 0.05) is 6.07 Å². The fourth-order valence-corrected chi connectivity index (χ4v) is 2.77. The van der Waals surface area contributed by atoms with Crippen molar-refractivity contribution < 1.29 is 19.1 Å². The SMILES string of the molecule is COc1ccc2nc(SCc3occc3C(=O)O)[nH]c2c1. The molecule has 2 N–H and O–H groups in total. The van der Waals surface area contributed by atoms with E-state index in [1.807, 2.05) is 18.2 Å². The Morgan fingerprint density at radius 1 is 1.48 bits per heavy atom. The van der Waals surface area contributed by atoms with Gasteiger partial charge in [0.05, 0.1) is 30.2 Å². The normalized spacial score (nSPS) is 10.9. The van der Waals surface area contributed by atoms with Crippen LogP contribution in [-0.2, 0) is 5.75 Å². The molecule has 0 bridgehead atoms. The van der Waals surface area contributed by atoms with E-state index in [2.05, 4.69) is 9.97 Å². The van der Waals surface area contributed by atoms with Crippen LogP contribution in [0.3, 0.4) is 0 Å². The van der Waals surface area contributed by atoms with Crippen molar-refractivity contribution in [2.45, 2.75) is 10.9 Å². The van der Waals surface area contributed by atoms with Gasteiger partial charge in [-0.25, -0.2) is 9.78 Å². The number of nitrogens with one attached hydrogen (secondary N) is 1. The van der Waals surface area contributed by atoms with Gasteiger partial charge in [-0.05, 0) is 18.2 Å². The number of imidazole rings is 1. The molecule has 21 heavy (non-hydrogen) atoms. The third-order valence-corrected chi connectivity index (χ3v) is 3.86. The van der Waals surface area contributed by atoms with E-state index in [1.54, 1.807) is 7.11 Å². The fraction of sp³-hybridized carbons (Fsp3) is 0.143. The van der Waals surface area contributed by atoms with Crippen molar-refractivity contribution in [3.8, 4) is 5.75 Å². The van der Waals surface area contributed by atoms with E-state index in [0.29, 0.717) is 16.7 Å². The summed E-state index contributed by atoms with van der Waals surface area (Å²) in [5.74, 6) is 0.576. The van der Waals surface area contributed by atoms with Crippen molar-refractivity contribution in [3.05, 3.63) is 41.9 Å². The average Bonchev–Trinajstić information content (AvgIpc) is 3.10. The van der Waals surface area contributed by atoms with Crippen molar-refractivity contribution in [2.75, 3.05) is 7.11 Å². The molecular formula is C14H12N2O4S. The van der Waals surface area contributed by atoms with Crippen LogP contribution >= 0.6 is 11.8 Å². The van der Waals surface area contributed by atoms with Gasteiger partial charge in [0.2, 0.25) is 0 Å². The molecule has 1 aromatic carbocycles. The Morgan fingerprint density at radius 3 is 3.10 bits per heavy atom. The lowest BCUT2D eigenvalue weighted by atomic mass is 10.3. The monoisotopic (exact) mass is 304 g/mol. The summed E-state index contributed by atoms with van der Waals surface area (Å²) in [6, 6.07) is 7.01. The van der Waals surface area contributed by atoms with Gasteiger partial charge < -0.3 is 19.2 Å². The van der Waals surface area contributed by atoms with Gasteiger partial charge in [0.1, 0.15) is 17.1 Å². The number of aromatic carboxylic acids is 1. The molecule has 2 heterocycles. The highest BCUT2D eigenvalue weighted by molar-refractivity contribution is 7.98. The minimum Gasteiger partial charge on any atom is -0.497 e. The Morgan fingerprint density at radius 2 is 2.33 bits per heavy atom. The van der Waals surface area contributed by atoms with Gasteiger partial charge in [-0.1, -0.05) is 11.8 Å². The topological polar surface area (TPSA) is 88.3 Å². The van der Waals surface area contributed by atoms with Gasteiger partial charge >= 0.3 is 5.97 Å². The standard InChI is InChI=1S/C14H12N2O4S/c1-19-8-2-3-10-11(6-8)16-14(15-10)21-7-12-9(13(17)18)4-5-20-12/h2-6H,7H2,1H3,(H,15,16)(H,17,18). The minimum absolute atomic E-state index is 0.181. The molecule has 108 valence electrons. The van der Waals surface area contributed by atoms with Crippen molar-refractivity contribution in [1.82, 2.24) is 9.97 Å². The second kappa shape index (κ2) is 5.53. The number of carbonyl (C=O) groups is 1. The number of aromatic amines is 1. The van der Waals surface area contributed by atoms with Crippen molar-refractivity contribution in [3.63, 3.8) is 0 Å². The first kappa shape index (κ1) is 13.6. The summed E-state index contributed by atoms with van der Waals surface area (Å²) < 4.78 is 10.4. The van der Waals surface area contributed by atoms with Crippen molar-refractivity contribution in [1.29, 1.82) is 0 Å². The number of nitrogens with zero attached hydrogens (tertiary/aromatic N) is 1. The Balaban J connectivity index is 1.79. The van der Waals surface area contributed by atoms with Gasteiger partial charge in [-0.15, -0.1) is 0 Å². The molecule has 2 aromatic heterocycles. The lowest BCUT2D eigenvalue weighted by Crippen LogP contribution is -1.97. The van der Waals surface area contributed by atoms with Crippen LogP contribution in [0.5, 0.6) is 5.75 Å². The fourth-order valence-electron chi connectivity index (χ4n) is 1.94. The molecule has 0 atom stereocenters. The summed E-state index contributed by atoms with van der Waals surface area (Å²) in [5.41, 5.74) is 1.88. The summed E-state index contributed by atoms with van der Waals surface area (Å²) in [6.45, 7) is 0. The zero-order chi connectivity index (χ0) is 14.8. The van der Waals surface area contributed by atoms with Crippen LogP contribution in [0.1, 0.15) is 16.1 Å². The van der Waals surface area contributed by atoms with E-state index in [9.17, 15) is 4.79 Å². The van der Waals surface area contributed by atoms with E-state index in [1.165, 1.54) is 24.1 Å². The Kier molecular flexibility index (Phi) is 3.57. The number of thioether (sulfide) groups is 1. The lowest BCUT2D eigenvalue weighted by molar-refractivity contribution is 0.0695. The van der Waals surface area contributed by atoms with E-state index >= 15 is 0 Å². The molecule has 0 spiro atoms. The first-order valence-corrected chi connectivity index (χ1v) is 7.12. The maximum atomic E-state index is 11.0. The molecule has 0 aliphatic heterocycles. The molecule has 3 aromatic rings. The third kappa shape index (κ3) is 2.73. The number of carboxylic acid groups (broad SMARTS) is 1. The number of furan rings is 1. The molecule has 0 saturated heterocycles. The largest absolute Gasteiger partial charge is 0.497 e. The summed E-state index contributed by atoms with van der Waals surface area (Å²) in [6.07, 6.45) is 1.38. The molecular weight excluding hydrogens is 292 g/mol. The van der Waals surface area contributed by atoms with E-state index in [4.69, 9.17) is 14.3 Å². The Labute approximate surface area is 124 Å². The number of ether oxygens (including phenoxy) is 1. The summed E-state index contributed by atoms with van der Waals surface area (Å²) >= 11 is 1.38. The second-order valence-electron chi connectivity index (χ2n) is 4.28. The van der Waals surface area contributed by atoms with Crippen LogP contribution < -0.4 is 4.74 Å². The van der Waals surface area contributed by atoms with Crippen LogP contribution in [-0.4, -0.2) is 28.2 Å². The average molecular weight is 304 g/mol.